The predicted molar refractivity (Wildman–Crippen MR) is 141 cm³/mol. The van der Waals surface area contributed by atoms with Crippen LogP contribution >= 0.6 is 11.3 Å². The third-order valence-electron chi connectivity index (χ3n) is 6.42. The van der Waals surface area contributed by atoms with Crippen molar-refractivity contribution in [2.24, 2.45) is 0 Å². The Balaban J connectivity index is 1.93. The number of nitrogens with zero attached hydrogens (tertiary/aromatic N) is 1. The smallest absolute Gasteiger partial charge is 0.300 e. The quantitative estimate of drug-likeness (QED) is 0.243. The number of Topliss-reactive ketones (excluding diaryl/α,β-unsaturated/α-hetero) is 1. The fourth-order valence-electron chi connectivity index (χ4n) is 4.34. The van der Waals surface area contributed by atoms with Gasteiger partial charge in [0, 0.05) is 10.6 Å². The zero-order valence-electron chi connectivity index (χ0n) is 21.0. The Morgan fingerprint density at radius 3 is 2.29 bits per heavy atom. The van der Waals surface area contributed by atoms with Gasteiger partial charge in [0.15, 0.2) is 0 Å². The number of hydrogen-bond acceptors (Lipinski definition) is 5. The van der Waals surface area contributed by atoms with E-state index in [2.05, 4.69) is 34.6 Å². The minimum atomic E-state index is -0.733. The van der Waals surface area contributed by atoms with Crippen molar-refractivity contribution in [2.75, 3.05) is 12.0 Å². The Kier molecular flexibility index (Phi) is 6.60. The summed E-state index contributed by atoms with van der Waals surface area (Å²) in [7, 11) is 1.52. The van der Waals surface area contributed by atoms with Gasteiger partial charge in [-0.25, -0.2) is 0 Å². The Labute approximate surface area is 210 Å². The lowest BCUT2D eigenvalue weighted by Gasteiger charge is -2.25. The molecule has 2 heterocycles. The molecule has 182 valence electrons. The summed E-state index contributed by atoms with van der Waals surface area (Å²) >= 11 is 1.44. The van der Waals surface area contributed by atoms with E-state index in [1.54, 1.807) is 6.07 Å². The molecule has 1 aliphatic rings. The summed E-state index contributed by atoms with van der Waals surface area (Å²) in [5, 5.41) is 13.5. The summed E-state index contributed by atoms with van der Waals surface area (Å²) in [6.07, 6.45) is 0. The fraction of sp³-hybridized carbons (Fsp3) is 0.310. The Bertz CT molecular complexity index is 1280. The molecular weight excluding hydrogens is 458 g/mol. The molecule has 1 aromatic heterocycles. The second-order valence-electron chi connectivity index (χ2n) is 10.1. The SMILES string of the molecule is COc1ccc(C(C)(C)C)cc1/C(O)=C1\C(=O)C(=O)N(c2ccc(C(C)C)cc2)C1c1cccs1. The van der Waals surface area contributed by atoms with E-state index in [1.165, 1.54) is 23.3 Å². The number of carbonyl (C=O) groups excluding carboxylic acids is 2. The van der Waals surface area contributed by atoms with Gasteiger partial charge < -0.3 is 9.84 Å². The van der Waals surface area contributed by atoms with Crippen LogP contribution in [-0.2, 0) is 15.0 Å². The van der Waals surface area contributed by atoms with Crippen molar-refractivity contribution in [3.05, 3.63) is 87.1 Å². The Morgan fingerprint density at radius 1 is 1.06 bits per heavy atom. The number of anilines is 1. The standard InChI is InChI=1S/C29H31NO4S/c1-17(2)18-9-12-20(13-10-18)30-25(23-8-7-15-35-23)24(27(32)28(30)33)26(31)21-16-19(29(3,4)5)11-14-22(21)34-6/h7-17,25,31H,1-6H3/b26-24+. The fourth-order valence-corrected chi connectivity index (χ4v) is 5.16. The highest BCUT2D eigenvalue weighted by atomic mass is 32.1. The van der Waals surface area contributed by atoms with E-state index in [0.29, 0.717) is 22.9 Å². The first-order valence-corrected chi connectivity index (χ1v) is 12.6. The molecule has 1 fully saturated rings. The summed E-state index contributed by atoms with van der Waals surface area (Å²) in [5.74, 6) is -0.820. The number of ketones is 1. The molecule has 0 aliphatic carbocycles. The van der Waals surface area contributed by atoms with Crippen LogP contribution in [-0.4, -0.2) is 23.9 Å². The summed E-state index contributed by atoms with van der Waals surface area (Å²) < 4.78 is 5.53. The van der Waals surface area contributed by atoms with E-state index >= 15 is 0 Å². The summed E-state index contributed by atoms with van der Waals surface area (Å²) in [6.45, 7) is 10.4. The van der Waals surface area contributed by atoms with E-state index in [9.17, 15) is 14.7 Å². The average molecular weight is 490 g/mol. The van der Waals surface area contributed by atoms with Crippen molar-refractivity contribution in [3.8, 4) is 5.75 Å². The minimum absolute atomic E-state index is 0.0646. The van der Waals surface area contributed by atoms with Crippen molar-refractivity contribution in [1.29, 1.82) is 0 Å². The summed E-state index contributed by atoms with van der Waals surface area (Å²) in [4.78, 5) is 29.1. The molecule has 1 aliphatic heterocycles. The van der Waals surface area contributed by atoms with Crippen LogP contribution in [0.3, 0.4) is 0 Å². The number of benzene rings is 2. The van der Waals surface area contributed by atoms with Crippen LogP contribution in [0, 0.1) is 0 Å². The molecule has 5 nitrogen and oxygen atoms in total. The molecule has 6 heteroatoms. The van der Waals surface area contributed by atoms with Crippen molar-refractivity contribution in [3.63, 3.8) is 0 Å². The number of aliphatic hydroxyl groups is 1. The van der Waals surface area contributed by atoms with Gasteiger partial charge in [-0.2, -0.15) is 0 Å². The predicted octanol–water partition coefficient (Wildman–Crippen LogP) is 6.80. The number of hydrogen-bond donors (Lipinski definition) is 1. The summed E-state index contributed by atoms with van der Waals surface area (Å²) in [6, 6.07) is 16.3. The van der Waals surface area contributed by atoms with Gasteiger partial charge >= 0.3 is 0 Å². The largest absolute Gasteiger partial charge is 0.507 e. The lowest BCUT2D eigenvalue weighted by atomic mass is 9.85. The molecule has 0 radical (unpaired) electrons. The van der Waals surface area contributed by atoms with Gasteiger partial charge in [-0.1, -0.05) is 58.9 Å². The number of rotatable bonds is 5. The van der Waals surface area contributed by atoms with Gasteiger partial charge in [-0.05, 0) is 58.2 Å². The highest BCUT2D eigenvalue weighted by Gasteiger charge is 2.47. The Hall–Kier alpha value is -3.38. The van der Waals surface area contributed by atoms with Crippen LogP contribution < -0.4 is 9.64 Å². The number of ether oxygens (including phenoxy) is 1. The molecule has 1 N–H and O–H groups in total. The molecule has 2 aromatic carbocycles. The molecule has 35 heavy (non-hydrogen) atoms. The second-order valence-corrected chi connectivity index (χ2v) is 11.1. The van der Waals surface area contributed by atoms with E-state index in [4.69, 9.17) is 4.74 Å². The maximum absolute atomic E-state index is 13.4. The van der Waals surface area contributed by atoms with Crippen LogP contribution in [0.4, 0.5) is 5.69 Å². The maximum Gasteiger partial charge on any atom is 0.300 e. The Morgan fingerprint density at radius 2 is 1.74 bits per heavy atom. The maximum atomic E-state index is 13.4. The zero-order chi connectivity index (χ0) is 25.5. The van der Waals surface area contributed by atoms with Crippen LogP contribution in [0.5, 0.6) is 5.75 Å². The minimum Gasteiger partial charge on any atom is -0.507 e. The van der Waals surface area contributed by atoms with E-state index < -0.39 is 17.7 Å². The lowest BCUT2D eigenvalue weighted by molar-refractivity contribution is -0.132. The van der Waals surface area contributed by atoms with Crippen molar-refractivity contribution < 1.29 is 19.4 Å². The van der Waals surface area contributed by atoms with Crippen LogP contribution in [0.25, 0.3) is 5.76 Å². The lowest BCUT2D eigenvalue weighted by Crippen LogP contribution is -2.29. The van der Waals surface area contributed by atoms with Gasteiger partial charge in [0.1, 0.15) is 17.6 Å². The van der Waals surface area contributed by atoms with Crippen LogP contribution in [0.1, 0.15) is 68.1 Å². The van der Waals surface area contributed by atoms with E-state index in [0.717, 1.165) is 16.0 Å². The number of methoxy groups -OCH3 is 1. The van der Waals surface area contributed by atoms with Crippen molar-refractivity contribution in [2.45, 2.75) is 52.0 Å². The molecule has 0 bridgehead atoms. The third-order valence-corrected chi connectivity index (χ3v) is 7.34. The van der Waals surface area contributed by atoms with Gasteiger partial charge in [-0.15, -0.1) is 11.3 Å². The van der Waals surface area contributed by atoms with Gasteiger partial charge in [0.2, 0.25) is 0 Å². The number of thiophene rings is 1. The third kappa shape index (κ3) is 4.50. The second kappa shape index (κ2) is 9.34. The molecule has 0 saturated carbocycles. The topological polar surface area (TPSA) is 66.8 Å². The molecule has 4 rings (SSSR count). The van der Waals surface area contributed by atoms with E-state index in [-0.39, 0.29) is 16.7 Å². The van der Waals surface area contributed by atoms with Gasteiger partial charge in [-0.3, -0.25) is 14.5 Å². The number of carbonyl (C=O) groups is 2. The first-order valence-electron chi connectivity index (χ1n) is 11.7. The highest BCUT2D eigenvalue weighted by Crippen LogP contribution is 2.45. The molecule has 1 atom stereocenters. The van der Waals surface area contributed by atoms with Crippen LogP contribution in [0.2, 0.25) is 0 Å². The van der Waals surface area contributed by atoms with Gasteiger partial charge in [0.05, 0.1) is 18.2 Å². The monoisotopic (exact) mass is 489 g/mol. The number of amides is 1. The molecule has 1 saturated heterocycles. The molecule has 1 unspecified atom stereocenters. The normalized spacial score (nSPS) is 17.9. The molecular formula is C29H31NO4S. The van der Waals surface area contributed by atoms with E-state index in [1.807, 2.05) is 53.9 Å². The first kappa shape index (κ1) is 24.7. The van der Waals surface area contributed by atoms with Crippen molar-refractivity contribution in [1.82, 2.24) is 0 Å². The van der Waals surface area contributed by atoms with Gasteiger partial charge in [0.25, 0.3) is 11.7 Å². The molecule has 1 amide bonds. The van der Waals surface area contributed by atoms with Crippen LogP contribution in [0.15, 0.2) is 65.6 Å². The van der Waals surface area contributed by atoms with Crippen molar-refractivity contribution >= 4 is 34.5 Å². The summed E-state index contributed by atoms with van der Waals surface area (Å²) in [5.41, 5.74) is 3.01. The highest BCUT2D eigenvalue weighted by molar-refractivity contribution is 7.10. The molecule has 3 aromatic rings. The molecule has 0 spiro atoms. The number of aliphatic hydroxyl groups excluding tert-OH is 1. The first-order chi connectivity index (χ1) is 16.5. The zero-order valence-corrected chi connectivity index (χ0v) is 21.8. The average Bonchev–Trinajstić information content (AvgIpc) is 3.44.